The van der Waals surface area contributed by atoms with Gasteiger partial charge in [0, 0.05) is 23.1 Å². The molecule has 0 fully saturated rings. The van der Waals surface area contributed by atoms with E-state index < -0.39 is 12.0 Å². The third-order valence-electron chi connectivity index (χ3n) is 2.46. The molecule has 1 amide bonds. The van der Waals surface area contributed by atoms with Crippen LogP contribution in [0.4, 0.5) is 0 Å². The van der Waals surface area contributed by atoms with Crippen LogP contribution in [-0.2, 0) is 16.0 Å². The van der Waals surface area contributed by atoms with Gasteiger partial charge in [0.25, 0.3) is 0 Å². The fraction of sp³-hybridized carbons (Fsp3) is 0.250. The number of nitrogens with two attached hydrogens (primary N) is 1. The smallest absolute Gasteiger partial charge is 0.246 e. The lowest BCUT2D eigenvalue weighted by Gasteiger charge is -2.08. The second-order valence-corrected chi connectivity index (χ2v) is 4.75. The third kappa shape index (κ3) is 2.23. The van der Waals surface area contributed by atoms with E-state index in [2.05, 4.69) is 18.2 Å². The van der Waals surface area contributed by atoms with E-state index in [9.17, 15) is 4.79 Å². The van der Waals surface area contributed by atoms with Gasteiger partial charge >= 0.3 is 0 Å². The number of rotatable bonds is 4. The summed E-state index contributed by atoms with van der Waals surface area (Å²) in [6.45, 7) is 0. The Balaban J connectivity index is 2.24. The second kappa shape index (κ2) is 4.63. The quantitative estimate of drug-likeness (QED) is 0.880. The second-order valence-electron chi connectivity index (χ2n) is 3.58. The number of benzene rings is 1. The zero-order valence-corrected chi connectivity index (χ0v) is 9.79. The molecule has 84 valence electrons. The van der Waals surface area contributed by atoms with E-state index in [-0.39, 0.29) is 0 Å². The van der Waals surface area contributed by atoms with E-state index in [4.69, 9.17) is 10.5 Å². The zero-order valence-electron chi connectivity index (χ0n) is 8.97. The summed E-state index contributed by atoms with van der Waals surface area (Å²) in [4.78, 5) is 12.2. The molecule has 0 aliphatic rings. The highest BCUT2D eigenvalue weighted by Gasteiger charge is 2.16. The van der Waals surface area contributed by atoms with Crippen LogP contribution in [-0.4, -0.2) is 19.1 Å². The van der Waals surface area contributed by atoms with Gasteiger partial charge in [-0.2, -0.15) is 0 Å². The first kappa shape index (κ1) is 11.1. The fourth-order valence-electron chi connectivity index (χ4n) is 1.62. The van der Waals surface area contributed by atoms with Crippen LogP contribution in [0.1, 0.15) is 4.88 Å². The molecule has 0 bridgehead atoms. The third-order valence-corrected chi connectivity index (χ3v) is 3.60. The normalized spacial score (nSPS) is 12.8. The van der Waals surface area contributed by atoms with Crippen molar-refractivity contribution in [2.45, 2.75) is 12.5 Å². The maximum absolute atomic E-state index is 11.1. The summed E-state index contributed by atoms with van der Waals surface area (Å²) in [7, 11) is 1.50. The van der Waals surface area contributed by atoms with E-state index in [1.807, 2.05) is 12.1 Å². The van der Waals surface area contributed by atoms with Crippen LogP contribution in [0.5, 0.6) is 0 Å². The summed E-state index contributed by atoms with van der Waals surface area (Å²) in [6.07, 6.45) is 0.0126. The first-order valence-electron chi connectivity index (χ1n) is 5.00. The number of methoxy groups -OCH3 is 1. The lowest BCUT2D eigenvalue weighted by atomic mass is 10.2. The number of hydrogen-bond acceptors (Lipinski definition) is 3. The number of thiophene rings is 1. The van der Waals surface area contributed by atoms with E-state index in [1.165, 1.54) is 17.2 Å². The minimum Gasteiger partial charge on any atom is -0.371 e. The van der Waals surface area contributed by atoms with Gasteiger partial charge in [-0.3, -0.25) is 4.79 Å². The van der Waals surface area contributed by atoms with Gasteiger partial charge in [0.05, 0.1) is 0 Å². The lowest BCUT2D eigenvalue weighted by Crippen LogP contribution is -2.31. The van der Waals surface area contributed by atoms with Gasteiger partial charge in [0.1, 0.15) is 6.10 Å². The van der Waals surface area contributed by atoms with Crippen LogP contribution in [0.15, 0.2) is 30.3 Å². The Labute approximate surface area is 97.8 Å². The highest BCUT2D eigenvalue weighted by Crippen LogP contribution is 2.26. The molecule has 2 N–H and O–H groups in total. The molecule has 0 aliphatic heterocycles. The molecule has 1 unspecified atom stereocenters. The van der Waals surface area contributed by atoms with Crippen LogP contribution in [0.3, 0.4) is 0 Å². The Morgan fingerprint density at radius 3 is 2.88 bits per heavy atom. The lowest BCUT2D eigenvalue weighted by molar-refractivity contribution is -0.127. The largest absolute Gasteiger partial charge is 0.371 e. The van der Waals surface area contributed by atoms with Crippen molar-refractivity contribution >= 4 is 27.3 Å². The highest BCUT2D eigenvalue weighted by atomic mass is 32.1. The summed E-state index contributed by atoms with van der Waals surface area (Å²) in [6, 6.07) is 10.2. The van der Waals surface area contributed by atoms with Crippen molar-refractivity contribution in [1.82, 2.24) is 0 Å². The van der Waals surface area contributed by atoms with Gasteiger partial charge in [-0.1, -0.05) is 18.2 Å². The molecule has 3 nitrogen and oxygen atoms in total. The number of amides is 1. The van der Waals surface area contributed by atoms with Crippen molar-refractivity contribution in [2.75, 3.05) is 7.11 Å². The van der Waals surface area contributed by atoms with E-state index >= 15 is 0 Å². The number of ether oxygens (including phenoxy) is 1. The molecular weight excluding hydrogens is 222 g/mol. The van der Waals surface area contributed by atoms with Crippen molar-refractivity contribution in [1.29, 1.82) is 0 Å². The van der Waals surface area contributed by atoms with Crippen LogP contribution >= 0.6 is 11.3 Å². The molecule has 0 aliphatic carbocycles. The molecule has 0 spiro atoms. The van der Waals surface area contributed by atoms with Crippen molar-refractivity contribution in [2.24, 2.45) is 5.73 Å². The molecule has 1 aromatic carbocycles. The molecule has 2 aromatic rings. The van der Waals surface area contributed by atoms with Crippen LogP contribution < -0.4 is 5.73 Å². The number of carbonyl (C=O) groups excluding carboxylic acids is 1. The van der Waals surface area contributed by atoms with Gasteiger partial charge < -0.3 is 10.5 Å². The molecule has 4 heteroatoms. The SMILES string of the molecule is COC(Cc1cc2ccccc2s1)C(N)=O. The van der Waals surface area contributed by atoms with Crippen molar-refractivity contribution in [3.8, 4) is 0 Å². The average molecular weight is 235 g/mol. The predicted molar refractivity (Wildman–Crippen MR) is 65.5 cm³/mol. The molecular formula is C12H13NO2S. The monoisotopic (exact) mass is 235 g/mol. The van der Waals surface area contributed by atoms with Crippen LogP contribution in [0.25, 0.3) is 10.1 Å². The summed E-state index contributed by atoms with van der Waals surface area (Å²) < 4.78 is 6.26. The number of primary amides is 1. The Hall–Kier alpha value is -1.39. The standard InChI is InChI=1S/C12H13NO2S/c1-15-10(12(13)14)7-9-6-8-4-2-3-5-11(8)16-9/h2-6,10H,7H2,1H3,(H2,13,14). The van der Waals surface area contributed by atoms with E-state index in [0.29, 0.717) is 6.42 Å². The van der Waals surface area contributed by atoms with Gasteiger partial charge in [0.15, 0.2) is 0 Å². The van der Waals surface area contributed by atoms with Crippen LogP contribution in [0, 0.1) is 0 Å². The van der Waals surface area contributed by atoms with E-state index in [0.717, 1.165) is 4.88 Å². The Kier molecular flexibility index (Phi) is 3.22. The number of carbonyl (C=O) groups is 1. The topological polar surface area (TPSA) is 52.3 Å². The molecule has 0 saturated carbocycles. The van der Waals surface area contributed by atoms with Gasteiger partial charge in [0.2, 0.25) is 5.91 Å². The number of hydrogen-bond donors (Lipinski definition) is 1. The van der Waals surface area contributed by atoms with E-state index in [1.54, 1.807) is 11.3 Å². The zero-order chi connectivity index (χ0) is 11.5. The molecule has 1 heterocycles. The van der Waals surface area contributed by atoms with Crippen molar-refractivity contribution < 1.29 is 9.53 Å². The van der Waals surface area contributed by atoms with Crippen molar-refractivity contribution in [3.05, 3.63) is 35.2 Å². The molecule has 2 rings (SSSR count). The number of fused-ring (bicyclic) bond motifs is 1. The Morgan fingerprint density at radius 1 is 1.50 bits per heavy atom. The Bertz CT molecular complexity index is 473. The maximum Gasteiger partial charge on any atom is 0.246 e. The Morgan fingerprint density at radius 2 is 2.25 bits per heavy atom. The first-order valence-corrected chi connectivity index (χ1v) is 5.82. The van der Waals surface area contributed by atoms with Crippen LogP contribution in [0.2, 0.25) is 0 Å². The fourth-order valence-corrected chi connectivity index (χ4v) is 2.71. The summed E-state index contributed by atoms with van der Waals surface area (Å²) in [5.74, 6) is -0.417. The highest BCUT2D eigenvalue weighted by molar-refractivity contribution is 7.19. The van der Waals surface area contributed by atoms with Gasteiger partial charge in [-0.05, 0) is 17.5 Å². The van der Waals surface area contributed by atoms with Crippen molar-refractivity contribution in [3.63, 3.8) is 0 Å². The molecule has 0 radical (unpaired) electrons. The minimum atomic E-state index is -0.534. The van der Waals surface area contributed by atoms with Gasteiger partial charge in [-0.15, -0.1) is 11.3 Å². The average Bonchev–Trinajstić information content (AvgIpc) is 2.67. The first-order chi connectivity index (χ1) is 7.70. The molecule has 0 saturated heterocycles. The maximum atomic E-state index is 11.1. The predicted octanol–water partition coefficient (Wildman–Crippen LogP) is 1.94. The molecule has 1 aromatic heterocycles. The van der Waals surface area contributed by atoms with Gasteiger partial charge in [-0.25, -0.2) is 0 Å². The minimum absolute atomic E-state index is 0.417. The molecule has 1 atom stereocenters. The summed E-state index contributed by atoms with van der Waals surface area (Å²) >= 11 is 1.67. The summed E-state index contributed by atoms with van der Waals surface area (Å²) in [5, 5.41) is 1.20. The summed E-state index contributed by atoms with van der Waals surface area (Å²) in [5.41, 5.74) is 5.23. The molecule has 16 heavy (non-hydrogen) atoms.